The highest BCUT2D eigenvalue weighted by molar-refractivity contribution is 5.27. The summed E-state index contributed by atoms with van der Waals surface area (Å²) in [5, 5.41) is 9.99. The van der Waals surface area contributed by atoms with Gasteiger partial charge in [-0.05, 0) is 23.3 Å². The summed E-state index contributed by atoms with van der Waals surface area (Å²) in [6.07, 6.45) is -4.76. The van der Waals surface area contributed by atoms with Crippen molar-refractivity contribution < 1.29 is 18.3 Å². The predicted octanol–water partition coefficient (Wildman–Crippen LogP) is 3.98. The number of hydrogen-bond acceptors (Lipinski definition) is 1. The van der Waals surface area contributed by atoms with Gasteiger partial charge in [-0.25, -0.2) is 0 Å². The Bertz CT molecular complexity index is 517. The molecule has 0 aromatic heterocycles. The second-order valence-corrected chi connectivity index (χ2v) is 4.33. The summed E-state index contributed by atoms with van der Waals surface area (Å²) >= 11 is 0. The highest BCUT2D eigenvalue weighted by Crippen LogP contribution is 2.30. The summed E-state index contributed by atoms with van der Waals surface area (Å²) in [5.41, 5.74) is 0.718. The Morgan fingerprint density at radius 3 is 2.00 bits per heavy atom. The van der Waals surface area contributed by atoms with E-state index in [9.17, 15) is 18.3 Å². The smallest absolute Gasteiger partial charge is 0.388 e. The molecule has 0 radical (unpaired) electrons. The zero-order chi connectivity index (χ0) is 13.9. The van der Waals surface area contributed by atoms with Crippen LogP contribution in [0, 0.1) is 0 Å². The standard InChI is InChI=1S/C15H13F3O/c16-15(17,18)13-8-6-12(7-9-13)14(19)10-11-4-2-1-3-5-11/h1-9,14,19H,10H2. The van der Waals surface area contributed by atoms with Crippen molar-refractivity contribution in [2.75, 3.05) is 0 Å². The Morgan fingerprint density at radius 1 is 0.895 bits per heavy atom. The molecule has 1 unspecified atom stereocenters. The van der Waals surface area contributed by atoms with Gasteiger partial charge in [0.1, 0.15) is 0 Å². The van der Waals surface area contributed by atoms with Crippen LogP contribution >= 0.6 is 0 Å². The molecule has 1 atom stereocenters. The van der Waals surface area contributed by atoms with E-state index in [-0.39, 0.29) is 0 Å². The Morgan fingerprint density at radius 2 is 1.47 bits per heavy atom. The molecule has 0 saturated heterocycles. The SMILES string of the molecule is OC(Cc1ccccc1)c1ccc(C(F)(F)F)cc1. The van der Waals surface area contributed by atoms with Crippen molar-refractivity contribution in [3.63, 3.8) is 0 Å². The molecule has 0 bridgehead atoms. The maximum Gasteiger partial charge on any atom is 0.416 e. The molecule has 0 saturated carbocycles. The molecule has 2 aromatic carbocycles. The quantitative estimate of drug-likeness (QED) is 0.890. The molecule has 2 rings (SSSR count). The Hall–Kier alpha value is -1.81. The van der Waals surface area contributed by atoms with Crippen LogP contribution in [0.4, 0.5) is 13.2 Å². The van der Waals surface area contributed by atoms with Crippen molar-refractivity contribution in [2.45, 2.75) is 18.7 Å². The van der Waals surface area contributed by atoms with Crippen LogP contribution in [0.5, 0.6) is 0 Å². The molecule has 1 N–H and O–H groups in total. The minimum Gasteiger partial charge on any atom is -0.388 e. The van der Waals surface area contributed by atoms with Crippen molar-refractivity contribution >= 4 is 0 Å². The molecule has 2 aromatic rings. The number of aliphatic hydroxyl groups excluding tert-OH is 1. The molecule has 4 heteroatoms. The third kappa shape index (κ3) is 3.58. The van der Waals surface area contributed by atoms with Gasteiger partial charge in [-0.1, -0.05) is 42.5 Å². The molecule has 0 aliphatic heterocycles. The average Bonchev–Trinajstić information content (AvgIpc) is 2.39. The molecule has 0 amide bonds. The monoisotopic (exact) mass is 266 g/mol. The van der Waals surface area contributed by atoms with Gasteiger partial charge in [0.25, 0.3) is 0 Å². The van der Waals surface area contributed by atoms with Crippen molar-refractivity contribution in [3.8, 4) is 0 Å². The van der Waals surface area contributed by atoms with E-state index in [1.54, 1.807) is 0 Å². The summed E-state index contributed by atoms with van der Waals surface area (Å²) in [4.78, 5) is 0. The molecule has 0 aliphatic rings. The molecule has 0 spiro atoms. The van der Waals surface area contributed by atoms with E-state index in [1.807, 2.05) is 30.3 Å². The van der Waals surface area contributed by atoms with E-state index in [0.29, 0.717) is 12.0 Å². The third-order valence-corrected chi connectivity index (χ3v) is 2.89. The van der Waals surface area contributed by atoms with Crippen molar-refractivity contribution in [1.29, 1.82) is 0 Å². The van der Waals surface area contributed by atoms with Gasteiger partial charge in [-0.3, -0.25) is 0 Å². The molecule has 0 fully saturated rings. The molecule has 19 heavy (non-hydrogen) atoms. The number of halogens is 3. The first-order valence-corrected chi connectivity index (χ1v) is 5.86. The van der Waals surface area contributed by atoms with Gasteiger partial charge in [0.2, 0.25) is 0 Å². The van der Waals surface area contributed by atoms with Crippen LogP contribution in [-0.4, -0.2) is 5.11 Å². The lowest BCUT2D eigenvalue weighted by molar-refractivity contribution is -0.137. The van der Waals surface area contributed by atoms with E-state index in [4.69, 9.17) is 0 Å². The number of aliphatic hydroxyl groups is 1. The summed E-state index contributed by atoms with van der Waals surface area (Å²) in [6.45, 7) is 0. The molecule has 0 aliphatic carbocycles. The minimum absolute atomic E-state index is 0.381. The topological polar surface area (TPSA) is 20.2 Å². The fourth-order valence-electron chi connectivity index (χ4n) is 1.85. The van der Waals surface area contributed by atoms with Crippen LogP contribution in [0.3, 0.4) is 0 Å². The lowest BCUT2D eigenvalue weighted by atomic mass is 10.0. The van der Waals surface area contributed by atoms with Gasteiger partial charge in [0, 0.05) is 6.42 Å². The van der Waals surface area contributed by atoms with Crippen molar-refractivity contribution in [2.24, 2.45) is 0 Å². The Balaban J connectivity index is 2.10. The van der Waals surface area contributed by atoms with Crippen LogP contribution in [0.2, 0.25) is 0 Å². The summed E-state index contributed by atoms with van der Waals surface area (Å²) in [7, 11) is 0. The number of alkyl halides is 3. The summed E-state index contributed by atoms with van der Waals surface area (Å²) in [6, 6.07) is 13.9. The number of benzene rings is 2. The number of rotatable bonds is 3. The molecular formula is C15H13F3O. The van der Waals surface area contributed by atoms with Crippen molar-refractivity contribution in [1.82, 2.24) is 0 Å². The van der Waals surface area contributed by atoms with E-state index >= 15 is 0 Å². The summed E-state index contributed by atoms with van der Waals surface area (Å²) in [5.74, 6) is 0. The number of hydrogen-bond donors (Lipinski definition) is 1. The first-order valence-electron chi connectivity index (χ1n) is 5.86. The van der Waals surface area contributed by atoms with Gasteiger partial charge in [0.05, 0.1) is 11.7 Å². The van der Waals surface area contributed by atoms with Gasteiger partial charge in [0.15, 0.2) is 0 Å². The molecule has 100 valence electrons. The van der Waals surface area contributed by atoms with E-state index < -0.39 is 17.8 Å². The first kappa shape index (κ1) is 13.6. The maximum atomic E-state index is 12.4. The summed E-state index contributed by atoms with van der Waals surface area (Å²) < 4.78 is 37.2. The Kier molecular flexibility index (Phi) is 3.90. The van der Waals surface area contributed by atoms with Gasteiger partial charge < -0.3 is 5.11 Å². The fraction of sp³-hybridized carbons (Fsp3) is 0.200. The molecule has 1 nitrogen and oxygen atoms in total. The second kappa shape index (κ2) is 5.45. The normalized spacial score (nSPS) is 13.3. The first-order chi connectivity index (χ1) is 8.97. The van der Waals surface area contributed by atoms with Crippen LogP contribution < -0.4 is 0 Å². The van der Waals surface area contributed by atoms with Crippen LogP contribution in [0.15, 0.2) is 54.6 Å². The largest absolute Gasteiger partial charge is 0.416 e. The lowest BCUT2D eigenvalue weighted by Gasteiger charge is -2.12. The van der Waals surface area contributed by atoms with Gasteiger partial charge in [-0.2, -0.15) is 13.2 Å². The van der Waals surface area contributed by atoms with Crippen LogP contribution in [0.25, 0.3) is 0 Å². The molecule has 0 heterocycles. The Labute approximate surface area is 109 Å². The van der Waals surface area contributed by atoms with Crippen LogP contribution in [0.1, 0.15) is 22.8 Å². The lowest BCUT2D eigenvalue weighted by Crippen LogP contribution is -2.06. The third-order valence-electron chi connectivity index (χ3n) is 2.89. The minimum atomic E-state index is -4.34. The van der Waals surface area contributed by atoms with E-state index in [1.165, 1.54) is 12.1 Å². The fourth-order valence-corrected chi connectivity index (χ4v) is 1.85. The average molecular weight is 266 g/mol. The second-order valence-electron chi connectivity index (χ2n) is 4.33. The van der Waals surface area contributed by atoms with E-state index in [2.05, 4.69) is 0 Å². The zero-order valence-corrected chi connectivity index (χ0v) is 10.1. The van der Waals surface area contributed by atoms with Gasteiger partial charge >= 0.3 is 6.18 Å². The van der Waals surface area contributed by atoms with Gasteiger partial charge in [-0.15, -0.1) is 0 Å². The van der Waals surface area contributed by atoms with Crippen LogP contribution in [-0.2, 0) is 12.6 Å². The maximum absolute atomic E-state index is 12.4. The highest BCUT2D eigenvalue weighted by Gasteiger charge is 2.30. The van der Waals surface area contributed by atoms with Crippen molar-refractivity contribution in [3.05, 3.63) is 71.3 Å². The predicted molar refractivity (Wildman–Crippen MR) is 66.5 cm³/mol. The zero-order valence-electron chi connectivity index (χ0n) is 10.1. The highest BCUT2D eigenvalue weighted by atomic mass is 19.4. The van der Waals surface area contributed by atoms with E-state index in [0.717, 1.165) is 17.7 Å². The molecular weight excluding hydrogens is 253 g/mol.